The van der Waals surface area contributed by atoms with Gasteiger partial charge >= 0.3 is 0 Å². The zero-order valence-electron chi connectivity index (χ0n) is 11.5. The van der Waals surface area contributed by atoms with Gasteiger partial charge in [0.2, 0.25) is 0 Å². The molecule has 18 heavy (non-hydrogen) atoms. The van der Waals surface area contributed by atoms with Gasteiger partial charge in [0.15, 0.2) is 0 Å². The second-order valence-corrected chi connectivity index (χ2v) is 5.87. The molecular formula is C15H26N2S. The molecule has 0 radical (unpaired) electrons. The minimum Gasteiger partial charge on any atom is -0.397 e. The van der Waals surface area contributed by atoms with E-state index in [1.165, 1.54) is 57.1 Å². The van der Waals surface area contributed by atoms with Crippen LogP contribution in [0.3, 0.4) is 0 Å². The van der Waals surface area contributed by atoms with Crippen molar-refractivity contribution < 1.29 is 0 Å². The number of nitrogen functional groups attached to an aromatic ring is 1. The zero-order valence-corrected chi connectivity index (χ0v) is 12.3. The number of pyridine rings is 1. The highest BCUT2D eigenvalue weighted by Gasteiger charge is 1.96. The molecule has 0 fully saturated rings. The van der Waals surface area contributed by atoms with Crippen LogP contribution in [-0.2, 0) is 0 Å². The van der Waals surface area contributed by atoms with E-state index in [0.29, 0.717) is 0 Å². The number of thioether (sulfide) groups is 1. The lowest BCUT2D eigenvalue weighted by molar-refractivity contribution is 0.586. The molecule has 0 bridgehead atoms. The van der Waals surface area contributed by atoms with Crippen molar-refractivity contribution in [3.8, 4) is 0 Å². The summed E-state index contributed by atoms with van der Waals surface area (Å²) in [5.74, 6) is 1.17. The van der Waals surface area contributed by atoms with Crippen LogP contribution >= 0.6 is 11.8 Å². The van der Waals surface area contributed by atoms with E-state index in [4.69, 9.17) is 5.73 Å². The van der Waals surface area contributed by atoms with Gasteiger partial charge in [0.1, 0.15) is 0 Å². The van der Waals surface area contributed by atoms with Crippen molar-refractivity contribution in [2.75, 3.05) is 11.5 Å². The summed E-state index contributed by atoms with van der Waals surface area (Å²) in [6.45, 7) is 2.27. The van der Waals surface area contributed by atoms with Gasteiger partial charge in [-0.25, -0.2) is 4.98 Å². The van der Waals surface area contributed by atoms with Crippen LogP contribution in [0.4, 0.5) is 5.69 Å². The lowest BCUT2D eigenvalue weighted by Crippen LogP contribution is -1.88. The standard InChI is InChI=1S/C15H26N2S/c1-2-3-4-5-6-7-8-9-12-18-15-11-10-14(16)13-17-15/h10-11,13H,2-9,12,16H2,1H3. The van der Waals surface area contributed by atoms with E-state index in [9.17, 15) is 0 Å². The van der Waals surface area contributed by atoms with Gasteiger partial charge in [0.05, 0.1) is 16.9 Å². The summed E-state index contributed by atoms with van der Waals surface area (Å²) in [5, 5.41) is 1.09. The van der Waals surface area contributed by atoms with Crippen LogP contribution < -0.4 is 5.73 Å². The molecule has 0 aliphatic carbocycles. The molecule has 0 atom stereocenters. The molecule has 102 valence electrons. The molecule has 1 rings (SSSR count). The maximum atomic E-state index is 5.60. The van der Waals surface area contributed by atoms with Gasteiger partial charge in [-0.2, -0.15) is 0 Å². The van der Waals surface area contributed by atoms with Crippen molar-refractivity contribution in [1.82, 2.24) is 4.98 Å². The number of aromatic nitrogens is 1. The summed E-state index contributed by atoms with van der Waals surface area (Å²) in [4.78, 5) is 4.28. The van der Waals surface area contributed by atoms with E-state index in [-0.39, 0.29) is 0 Å². The molecule has 0 aliphatic heterocycles. The lowest BCUT2D eigenvalue weighted by Gasteiger charge is -2.02. The normalized spacial score (nSPS) is 10.7. The number of anilines is 1. The molecule has 0 amide bonds. The Kier molecular flexibility index (Phi) is 8.74. The number of rotatable bonds is 10. The monoisotopic (exact) mass is 266 g/mol. The first kappa shape index (κ1) is 15.4. The second-order valence-electron chi connectivity index (χ2n) is 4.75. The summed E-state index contributed by atoms with van der Waals surface area (Å²) in [6.07, 6.45) is 12.8. The van der Waals surface area contributed by atoms with Gasteiger partial charge in [-0.1, -0.05) is 51.9 Å². The molecule has 1 heterocycles. The quantitative estimate of drug-likeness (QED) is 0.484. The van der Waals surface area contributed by atoms with E-state index >= 15 is 0 Å². The smallest absolute Gasteiger partial charge is 0.0961 e. The first-order chi connectivity index (χ1) is 8.83. The molecule has 0 aromatic carbocycles. The van der Waals surface area contributed by atoms with Crippen LogP contribution in [0.2, 0.25) is 0 Å². The molecule has 0 unspecified atom stereocenters. The van der Waals surface area contributed by atoms with Crippen molar-refractivity contribution in [1.29, 1.82) is 0 Å². The minimum atomic E-state index is 0.742. The first-order valence-electron chi connectivity index (χ1n) is 7.17. The third-order valence-corrected chi connectivity index (χ3v) is 4.04. The van der Waals surface area contributed by atoms with E-state index in [1.54, 1.807) is 6.20 Å². The number of nitrogens with two attached hydrogens (primary N) is 1. The summed E-state index contributed by atoms with van der Waals surface area (Å²) in [5.41, 5.74) is 6.34. The van der Waals surface area contributed by atoms with Crippen LogP contribution in [0.25, 0.3) is 0 Å². The van der Waals surface area contributed by atoms with Crippen LogP contribution in [0.1, 0.15) is 58.3 Å². The van der Waals surface area contributed by atoms with E-state index in [2.05, 4.69) is 11.9 Å². The Morgan fingerprint density at radius 3 is 2.28 bits per heavy atom. The predicted molar refractivity (Wildman–Crippen MR) is 82.0 cm³/mol. The average Bonchev–Trinajstić information content (AvgIpc) is 2.39. The Morgan fingerprint density at radius 1 is 1.00 bits per heavy atom. The summed E-state index contributed by atoms with van der Waals surface area (Å²) in [7, 11) is 0. The summed E-state index contributed by atoms with van der Waals surface area (Å²) >= 11 is 1.83. The molecule has 3 heteroatoms. The molecule has 2 nitrogen and oxygen atoms in total. The minimum absolute atomic E-state index is 0.742. The van der Waals surface area contributed by atoms with Gasteiger partial charge in [-0.05, 0) is 24.3 Å². The molecule has 0 spiro atoms. The topological polar surface area (TPSA) is 38.9 Å². The number of nitrogens with zero attached hydrogens (tertiary/aromatic N) is 1. The fourth-order valence-electron chi connectivity index (χ4n) is 1.89. The number of unbranched alkanes of at least 4 members (excludes halogenated alkanes) is 7. The van der Waals surface area contributed by atoms with Crippen LogP contribution in [0.5, 0.6) is 0 Å². The Morgan fingerprint density at radius 2 is 1.67 bits per heavy atom. The van der Waals surface area contributed by atoms with Crippen molar-refractivity contribution in [2.45, 2.75) is 63.3 Å². The van der Waals surface area contributed by atoms with Crippen molar-refractivity contribution in [2.24, 2.45) is 0 Å². The van der Waals surface area contributed by atoms with Crippen molar-refractivity contribution >= 4 is 17.4 Å². The maximum absolute atomic E-state index is 5.60. The van der Waals surface area contributed by atoms with Gasteiger partial charge in [-0.3, -0.25) is 0 Å². The predicted octanol–water partition coefficient (Wildman–Crippen LogP) is 4.90. The van der Waals surface area contributed by atoms with Crippen LogP contribution in [-0.4, -0.2) is 10.7 Å². The zero-order chi connectivity index (χ0) is 13.1. The Labute approximate surface area is 116 Å². The summed E-state index contributed by atoms with van der Waals surface area (Å²) in [6, 6.07) is 3.92. The Balaban J connectivity index is 1.91. The fourth-order valence-corrected chi connectivity index (χ4v) is 2.74. The van der Waals surface area contributed by atoms with E-state index < -0.39 is 0 Å². The lowest BCUT2D eigenvalue weighted by atomic mass is 10.1. The van der Waals surface area contributed by atoms with Crippen LogP contribution in [0, 0.1) is 0 Å². The van der Waals surface area contributed by atoms with Crippen molar-refractivity contribution in [3.05, 3.63) is 18.3 Å². The molecule has 0 saturated heterocycles. The molecule has 2 N–H and O–H groups in total. The molecule has 1 aromatic heterocycles. The first-order valence-corrected chi connectivity index (χ1v) is 8.16. The molecule has 0 aliphatic rings. The maximum Gasteiger partial charge on any atom is 0.0961 e. The summed E-state index contributed by atoms with van der Waals surface area (Å²) < 4.78 is 0. The molecule has 0 saturated carbocycles. The largest absolute Gasteiger partial charge is 0.397 e. The third-order valence-electron chi connectivity index (χ3n) is 3.01. The van der Waals surface area contributed by atoms with Gasteiger partial charge < -0.3 is 5.73 Å². The Hall–Kier alpha value is -0.700. The molecular weight excluding hydrogens is 240 g/mol. The third kappa shape index (κ3) is 7.59. The Bertz CT molecular complexity index is 298. The number of hydrogen-bond acceptors (Lipinski definition) is 3. The second kappa shape index (κ2) is 10.2. The fraction of sp³-hybridized carbons (Fsp3) is 0.667. The highest BCUT2D eigenvalue weighted by molar-refractivity contribution is 7.99. The SMILES string of the molecule is CCCCCCCCCCSc1ccc(N)cn1. The van der Waals surface area contributed by atoms with E-state index in [1.807, 2.05) is 23.9 Å². The van der Waals surface area contributed by atoms with E-state index in [0.717, 1.165) is 10.7 Å². The number of hydrogen-bond donors (Lipinski definition) is 1. The van der Waals surface area contributed by atoms with Gasteiger partial charge in [0.25, 0.3) is 0 Å². The van der Waals surface area contributed by atoms with Crippen molar-refractivity contribution in [3.63, 3.8) is 0 Å². The van der Waals surface area contributed by atoms with Crippen LogP contribution in [0.15, 0.2) is 23.4 Å². The average molecular weight is 266 g/mol. The highest BCUT2D eigenvalue weighted by Crippen LogP contribution is 2.18. The highest BCUT2D eigenvalue weighted by atomic mass is 32.2. The molecule has 1 aromatic rings. The van der Waals surface area contributed by atoms with Gasteiger partial charge in [0, 0.05) is 0 Å². The van der Waals surface area contributed by atoms with Gasteiger partial charge in [-0.15, -0.1) is 11.8 Å².